The van der Waals surface area contributed by atoms with Gasteiger partial charge in [-0.1, -0.05) is 12.1 Å². The number of rotatable bonds is 3. The second-order valence-corrected chi connectivity index (χ2v) is 3.77. The largest absolute Gasteiger partial charge is 0.496 e. The van der Waals surface area contributed by atoms with Crippen molar-refractivity contribution in [2.75, 3.05) is 7.11 Å². The summed E-state index contributed by atoms with van der Waals surface area (Å²) in [6.45, 7) is 1.87. The molecule has 0 aliphatic heterocycles. The molecule has 2 aromatic rings. The predicted molar refractivity (Wildman–Crippen MR) is 65.3 cm³/mol. The van der Waals surface area contributed by atoms with E-state index in [9.17, 15) is 4.79 Å². The van der Waals surface area contributed by atoms with Crippen LogP contribution in [0.1, 0.15) is 16.3 Å². The molecule has 1 aromatic heterocycles. The molecule has 0 saturated heterocycles. The number of hydrogen-bond acceptors (Lipinski definition) is 3. The van der Waals surface area contributed by atoms with Gasteiger partial charge in [0.05, 0.1) is 12.8 Å². The van der Waals surface area contributed by atoms with Crippen LogP contribution in [0.25, 0.3) is 11.3 Å². The van der Waals surface area contributed by atoms with E-state index in [-0.39, 0.29) is 0 Å². The molecular formula is C13H14N2O2. The molecule has 0 aliphatic rings. The zero-order valence-corrected chi connectivity index (χ0v) is 10.1. The molecule has 0 fully saturated rings. The Labute approximate surface area is 99.9 Å². The van der Waals surface area contributed by atoms with Crippen molar-refractivity contribution < 1.29 is 9.53 Å². The molecule has 4 nitrogen and oxygen atoms in total. The third-order valence-corrected chi connectivity index (χ3v) is 2.82. The highest BCUT2D eigenvalue weighted by Gasteiger charge is 2.16. The average molecular weight is 230 g/mol. The van der Waals surface area contributed by atoms with Gasteiger partial charge < -0.3 is 9.30 Å². The van der Waals surface area contributed by atoms with Crippen molar-refractivity contribution in [2.24, 2.45) is 7.05 Å². The van der Waals surface area contributed by atoms with Gasteiger partial charge in [-0.2, -0.15) is 0 Å². The van der Waals surface area contributed by atoms with E-state index in [4.69, 9.17) is 4.74 Å². The Kier molecular flexibility index (Phi) is 2.95. The van der Waals surface area contributed by atoms with Gasteiger partial charge in [-0.15, -0.1) is 0 Å². The van der Waals surface area contributed by atoms with Gasteiger partial charge in [0, 0.05) is 12.6 Å². The summed E-state index contributed by atoms with van der Waals surface area (Å²) in [7, 11) is 3.50. The molecule has 0 unspecified atom stereocenters. The number of para-hydroxylation sites is 1. The Bertz CT molecular complexity index is 559. The lowest BCUT2D eigenvalue weighted by atomic mass is 10.1. The third kappa shape index (κ3) is 1.82. The summed E-state index contributed by atoms with van der Waals surface area (Å²) in [5.74, 6) is 1.53. The first-order valence-corrected chi connectivity index (χ1v) is 5.31. The summed E-state index contributed by atoms with van der Waals surface area (Å²) in [6, 6.07) is 7.59. The first-order chi connectivity index (χ1) is 8.19. The van der Waals surface area contributed by atoms with Crippen LogP contribution in [0.3, 0.4) is 0 Å². The normalized spacial score (nSPS) is 10.3. The number of carbonyl (C=O) groups is 1. The molecule has 88 valence electrons. The van der Waals surface area contributed by atoms with Crippen LogP contribution in [0.2, 0.25) is 0 Å². The third-order valence-electron chi connectivity index (χ3n) is 2.82. The van der Waals surface area contributed by atoms with Crippen molar-refractivity contribution >= 4 is 6.29 Å². The molecule has 17 heavy (non-hydrogen) atoms. The number of nitrogens with zero attached hydrogens (tertiary/aromatic N) is 2. The Hall–Kier alpha value is -2.10. The van der Waals surface area contributed by atoms with Gasteiger partial charge in [0.25, 0.3) is 0 Å². The van der Waals surface area contributed by atoms with E-state index < -0.39 is 0 Å². The highest BCUT2D eigenvalue weighted by Crippen LogP contribution is 2.31. The highest BCUT2D eigenvalue weighted by molar-refractivity contribution is 5.85. The summed E-state index contributed by atoms with van der Waals surface area (Å²) in [5, 5.41) is 0. The van der Waals surface area contributed by atoms with E-state index in [0.717, 1.165) is 29.1 Å². The van der Waals surface area contributed by atoms with E-state index in [1.807, 2.05) is 42.8 Å². The molecule has 0 saturated carbocycles. The van der Waals surface area contributed by atoms with Gasteiger partial charge >= 0.3 is 0 Å². The molecule has 0 N–H and O–H groups in total. The van der Waals surface area contributed by atoms with E-state index in [0.29, 0.717) is 5.69 Å². The zero-order chi connectivity index (χ0) is 12.4. The van der Waals surface area contributed by atoms with Gasteiger partial charge in [-0.25, -0.2) is 4.98 Å². The molecule has 1 aromatic carbocycles. The summed E-state index contributed by atoms with van der Waals surface area (Å²) in [6.07, 6.45) is 0.773. The second kappa shape index (κ2) is 4.41. The van der Waals surface area contributed by atoms with Crippen LogP contribution in [-0.4, -0.2) is 22.9 Å². The summed E-state index contributed by atoms with van der Waals surface area (Å²) in [5.41, 5.74) is 2.10. The minimum Gasteiger partial charge on any atom is -0.496 e. The van der Waals surface area contributed by atoms with Crippen LogP contribution >= 0.6 is 0 Å². The summed E-state index contributed by atoms with van der Waals surface area (Å²) >= 11 is 0. The fourth-order valence-electron chi connectivity index (χ4n) is 1.88. The number of hydrogen-bond donors (Lipinski definition) is 0. The number of methoxy groups -OCH3 is 1. The van der Waals surface area contributed by atoms with Crippen molar-refractivity contribution in [3.05, 3.63) is 35.8 Å². The summed E-state index contributed by atoms with van der Waals surface area (Å²) < 4.78 is 7.20. The first-order valence-electron chi connectivity index (χ1n) is 5.31. The predicted octanol–water partition coefficient (Wildman–Crippen LogP) is 2.22. The van der Waals surface area contributed by atoms with Gasteiger partial charge in [0.1, 0.15) is 17.3 Å². The highest BCUT2D eigenvalue weighted by atomic mass is 16.5. The van der Waals surface area contributed by atoms with Crippen LogP contribution in [0.4, 0.5) is 0 Å². The molecule has 0 aliphatic carbocycles. The number of aromatic nitrogens is 2. The Morgan fingerprint density at radius 2 is 2.06 bits per heavy atom. The van der Waals surface area contributed by atoms with Gasteiger partial charge in [-0.3, -0.25) is 4.79 Å². The van der Waals surface area contributed by atoms with Gasteiger partial charge in [0.2, 0.25) is 0 Å². The van der Waals surface area contributed by atoms with Crippen LogP contribution in [-0.2, 0) is 7.05 Å². The van der Waals surface area contributed by atoms with E-state index in [1.165, 1.54) is 0 Å². The van der Waals surface area contributed by atoms with Crippen LogP contribution in [0.15, 0.2) is 24.3 Å². The van der Waals surface area contributed by atoms with Crippen LogP contribution in [0, 0.1) is 6.92 Å². The van der Waals surface area contributed by atoms with E-state index in [1.54, 1.807) is 7.11 Å². The molecule has 4 heteroatoms. The monoisotopic (exact) mass is 230 g/mol. The fraction of sp³-hybridized carbons (Fsp3) is 0.231. The molecular weight excluding hydrogens is 216 g/mol. The second-order valence-electron chi connectivity index (χ2n) is 3.77. The Balaban J connectivity index is 2.71. The minimum atomic E-state index is 0.439. The molecule has 0 spiro atoms. The lowest BCUT2D eigenvalue weighted by Gasteiger charge is -2.09. The Morgan fingerprint density at radius 1 is 1.35 bits per heavy atom. The van der Waals surface area contributed by atoms with Crippen LogP contribution in [0.5, 0.6) is 5.75 Å². The van der Waals surface area contributed by atoms with Crippen molar-refractivity contribution in [1.29, 1.82) is 0 Å². The molecule has 0 amide bonds. The number of aldehydes is 1. The number of ether oxygens (including phenoxy) is 1. The molecule has 0 bridgehead atoms. The van der Waals surface area contributed by atoms with Gasteiger partial charge in [0.15, 0.2) is 6.29 Å². The van der Waals surface area contributed by atoms with Gasteiger partial charge in [-0.05, 0) is 19.1 Å². The maximum Gasteiger partial charge on any atom is 0.170 e. The zero-order valence-electron chi connectivity index (χ0n) is 10.1. The molecule has 0 radical (unpaired) electrons. The maximum atomic E-state index is 11.0. The number of imidazole rings is 1. The van der Waals surface area contributed by atoms with Crippen molar-refractivity contribution in [1.82, 2.24) is 9.55 Å². The number of benzene rings is 1. The average Bonchev–Trinajstić information content (AvgIpc) is 2.65. The Morgan fingerprint density at radius 3 is 2.71 bits per heavy atom. The minimum absolute atomic E-state index is 0.439. The first kappa shape index (κ1) is 11.4. The lowest BCUT2D eigenvalue weighted by molar-refractivity contribution is 0.112. The smallest absolute Gasteiger partial charge is 0.170 e. The van der Waals surface area contributed by atoms with Crippen molar-refractivity contribution in [3.8, 4) is 17.0 Å². The van der Waals surface area contributed by atoms with E-state index in [2.05, 4.69) is 4.98 Å². The SMILES string of the molecule is COc1ccccc1-c1c(C=O)nc(C)n1C. The topological polar surface area (TPSA) is 44.1 Å². The molecule has 0 atom stereocenters. The summed E-state index contributed by atoms with van der Waals surface area (Å²) in [4.78, 5) is 15.3. The maximum absolute atomic E-state index is 11.0. The number of carbonyl (C=O) groups excluding carboxylic acids is 1. The lowest BCUT2D eigenvalue weighted by Crippen LogP contribution is -1.97. The number of aryl methyl sites for hydroxylation is 1. The van der Waals surface area contributed by atoms with E-state index >= 15 is 0 Å². The molecule has 2 rings (SSSR count). The molecule has 1 heterocycles. The quantitative estimate of drug-likeness (QED) is 0.759. The standard InChI is InChI=1S/C13H14N2O2/c1-9-14-11(8-16)13(15(9)2)10-6-4-5-7-12(10)17-3/h4-8H,1-3H3. The van der Waals surface area contributed by atoms with Crippen molar-refractivity contribution in [3.63, 3.8) is 0 Å². The fourth-order valence-corrected chi connectivity index (χ4v) is 1.88. The van der Waals surface area contributed by atoms with Crippen molar-refractivity contribution in [2.45, 2.75) is 6.92 Å². The van der Waals surface area contributed by atoms with Crippen LogP contribution < -0.4 is 4.74 Å².